The lowest BCUT2D eigenvalue weighted by Gasteiger charge is -2.23. The van der Waals surface area contributed by atoms with E-state index < -0.39 is 0 Å². The van der Waals surface area contributed by atoms with Gasteiger partial charge in [-0.25, -0.2) is 8.78 Å². The number of fused-ring (bicyclic) bond motifs is 5. The Morgan fingerprint density at radius 2 is 0.875 bits per heavy atom. The van der Waals surface area contributed by atoms with E-state index in [1.807, 2.05) is 24.3 Å². The lowest BCUT2D eigenvalue weighted by molar-refractivity contribution is 0.421. The van der Waals surface area contributed by atoms with E-state index in [1.54, 1.807) is 34.8 Å². The van der Waals surface area contributed by atoms with Gasteiger partial charge in [0.2, 0.25) is 0 Å². The van der Waals surface area contributed by atoms with Crippen LogP contribution in [0.5, 0.6) is 0 Å². The van der Waals surface area contributed by atoms with Crippen LogP contribution in [-0.2, 0) is 18.3 Å². The van der Waals surface area contributed by atoms with Gasteiger partial charge in [-0.2, -0.15) is 17.5 Å². The number of rotatable bonds is 17. The Morgan fingerprint density at radius 3 is 1.32 bits per heavy atom. The van der Waals surface area contributed by atoms with Crippen molar-refractivity contribution in [1.82, 2.24) is 17.5 Å². The molecule has 6 aromatic carbocycles. The van der Waals surface area contributed by atoms with Crippen molar-refractivity contribution >= 4 is 68.2 Å². The highest BCUT2D eigenvalue weighted by Gasteiger charge is 2.36. The highest BCUT2D eigenvalue weighted by Crippen LogP contribution is 2.52. The minimum Gasteiger partial charge on any atom is -0.206 e. The maximum Gasteiger partial charge on any atom is 0.132 e. The number of hydrogen-bond acceptors (Lipinski definition) is 8. The van der Waals surface area contributed by atoms with E-state index in [0.717, 1.165) is 118 Å². The Morgan fingerprint density at radius 1 is 0.458 bits per heavy atom. The third-order valence-corrected chi connectivity index (χ3v) is 18.8. The molecule has 0 aliphatic heterocycles. The molecular weight excluding hydrogens is 967 g/mol. The molecular formula is C62H58F2N4S4. The highest BCUT2D eigenvalue weighted by molar-refractivity contribution is 7.19. The van der Waals surface area contributed by atoms with Gasteiger partial charge in [0.25, 0.3) is 0 Å². The van der Waals surface area contributed by atoms with Gasteiger partial charge in [-0.1, -0.05) is 146 Å². The second-order valence-corrected chi connectivity index (χ2v) is 23.6. The first kappa shape index (κ1) is 48.5. The molecule has 10 heteroatoms. The molecule has 0 bridgehead atoms. The summed E-state index contributed by atoms with van der Waals surface area (Å²) in [5.74, 6) is 0.999. The molecule has 1 aliphatic carbocycles. The molecule has 1 aliphatic rings. The normalized spacial score (nSPS) is 13.8. The van der Waals surface area contributed by atoms with Crippen LogP contribution in [0.1, 0.15) is 109 Å². The van der Waals surface area contributed by atoms with Gasteiger partial charge in [-0.3, -0.25) is 0 Å². The molecule has 4 nitrogen and oxygen atoms in total. The molecule has 72 heavy (non-hydrogen) atoms. The summed E-state index contributed by atoms with van der Waals surface area (Å²) in [5.41, 5.74) is 17.9. The van der Waals surface area contributed by atoms with Crippen LogP contribution in [0.2, 0.25) is 0 Å². The number of nitrogens with zero attached hydrogens (tertiary/aromatic N) is 4. The quantitative estimate of drug-likeness (QED) is 0.0912. The topological polar surface area (TPSA) is 51.6 Å². The summed E-state index contributed by atoms with van der Waals surface area (Å²) in [6.07, 6.45) is 10.0. The van der Waals surface area contributed by atoms with Gasteiger partial charge in [-0.05, 0) is 131 Å². The molecule has 2 unspecified atom stereocenters. The maximum absolute atomic E-state index is 15.7. The molecule has 0 fully saturated rings. The second kappa shape index (κ2) is 20.3. The zero-order valence-corrected chi connectivity index (χ0v) is 45.0. The van der Waals surface area contributed by atoms with E-state index in [0.29, 0.717) is 23.0 Å². The zero-order valence-electron chi connectivity index (χ0n) is 41.7. The van der Waals surface area contributed by atoms with Crippen molar-refractivity contribution in [2.75, 3.05) is 0 Å². The first-order valence-electron chi connectivity index (χ1n) is 25.6. The van der Waals surface area contributed by atoms with Crippen molar-refractivity contribution in [2.45, 2.75) is 105 Å². The third-order valence-electron chi connectivity index (χ3n) is 15.5. The summed E-state index contributed by atoms with van der Waals surface area (Å²) >= 11 is 5.65. The minimum absolute atomic E-state index is 0.159. The number of hydrogen-bond donors (Lipinski definition) is 0. The van der Waals surface area contributed by atoms with Crippen molar-refractivity contribution in [3.05, 3.63) is 155 Å². The van der Waals surface area contributed by atoms with Crippen LogP contribution in [0.3, 0.4) is 0 Å². The van der Waals surface area contributed by atoms with E-state index in [2.05, 4.69) is 126 Å². The summed E-state index contributed by atoms with van der Waals surface area (Å²) in [4.78, 5) is 3.90. The minimum atomic E-state index is -0.280. The Balaban J connectivity index is 0.833. The molecule has 4 heterocycles. The lowest BCUT2D eigenvalue weighted by atomic mass is 9.80. The third kappa shape index (κ3) is 9.07. The second-order valence-electron chi connectivity index (χ2n) is 20.4. The molecule has 11 rings (SSSR count). The molecule has 0 radical (unpaired) electrons. The first-order valence-corrected chi connectivity index (χ1v) is 28.7. The fraction of sp³-hybridized carbons (Fsp3) is 0.290. The average Bonchev–Trinajstić information content (AvgIpc) is 4.27. The maximum atomic E-state index is 15.7. The molecule has 10 aromatic rings. The summed E-state index contributed by atoms with van der Waals surface area (Å²) < 4.78 is 50.6. The van der Waals surface area contributed by atoms with E-state index in [9.17, 15) is 0 Å². The zero-order chi connectivity index (χ0) is 49.7. The molecule has 2 atom stereocenters. The molecule has 0 N–H and O–H groups in total. The van der Waals surface area contributed by atoms with Crippen LogP contribution in [0.25, 0.3) is 97.2 Å². The van der Waals surface area contributed by atoms with Crippen LogP contribution >= 0.6 is 46.1 Å². The van der Waals surface area contributed by atoms with Gasteiger partial charge < -0.3 is 0 Å². The Labute approximate surface area is 438 Å². The summed E-state index contributed by atoms with van der Waals surface area (Å²) in [5, 5.41) is 0. The van der Waals surface area contributed by atoms with Crippen molar-refractivity contribution in [3.8, 4) is 75.1 Å². The van der Waals surface area contributed by atoms with E-state index in [-0.39, 0.29) is 17.0 Å². The summed E-state index contributed by atoms with van der Waals surface area (Å²) in [7, 11) is 0. The molecule has 0 saturated heterocycles. The smallest absolute Gasteiger partial charge is 0.132 e. The molecule has 4 aromatic heterocycles. The van der Waals surface area contributed by atoms with E-state index >= 15 is 8.78 Å². The monoisotopic (exact) mass is 1020 g/mol. The van der Waals surface area contributed by atoms with Crippen LogP contribution < -0.4 is 0 Å². The molecule has 0 saturated carbocycles. The van der Waals surface area contributed by atoms with Crippen molar-refractivity contribution in [3.63, 3.8) is 0 Å². The SMILES string of the molecule is CCCCC(CC)CCc1ccc(-c2ccc(-c3ccc(-c4ccc5c(c4)C(C)(C)c4cc(-c6ccc(-c7ccc(-c8ccc(CCC(C)CC)cc8F)s7)c7nsnc67)ccc4-5)c4nsnc34)s2)c(F)c1. The predicted molar refractivity (Wildman–Crippen MR) is 304 cm³/mol. The number of benzene rings is 6. The molecule has 0 spiro atoms. The first-order chi connectivity index (χ1) is 35.0. The lowest BCUT2D eigenvalue weighted by Crippen LogP contribution is -2.15. The Bertz CT molecular complexity index is 3610. The number of aryl methyl sites for hydroxylation is 2. The van der Waals surface area contributed by atoms with Crippen LogP contribution in [0, 0.1) is 23.5 Å². The molecule has 364 valence electrons. The number of halogens is 2. The predicted octanol–water partition coefficient (Wildman–Crippen LogP) is 19.5. The fourth-order valence-electron chi connectivity index (χ4n) is 10.8. The van der Waals surface area contributed by atoms with Gasteiger partial charge >= 0.3 is 0 Å². The van der Waals surface area contributed by atoms with Crippen LogP contribution in [0.4, 0.5) is 8.78 Å². The van der Waals surface area contributed by atoms with Gasteiger partial charge in [-0.15, -0.1) is 22.7 Å². The van der Waals surface area contributed by atoms with Gasteiger partial charge in [0.15, 0.2) is 0 Å². The fourth-order valence-corrected chi connectivity index (χ4v) is 14.1. The van der Waals surface area contributed by atoms with Gasteiger partial charge in [0, 0.05) is 58.3 Å². The van der Waals surface area contributed by atoms with E-state index in [1.165, 1.54) is 71.4 Å². The number of aromatic nitrogens is 4. The summed E-state index contributed by atoms with van der Waals surface area (Å²) in [6.45, 7) is 13.6. The largest absolute Gasteiger partial charge is 0.206 e. The molecule has 0 amide bonds. The number of unbranched alkanes of at least 4 members (excludes halogenated alkanes) is 1. The van der Waals surface area contributed by atoms with Gasteiger partial charge in [0.05, 0.1) is 23.5 Å². The average molecular weight is 1030 g/mol. The van der Waals surface area contributed by atoms with Crippen LogP contribution in [0.15, 0.2) is 121 Å². The van der Waals surface area contributed by atoms with Crippen molar-refractivity contribution in [2.24, 2.45) is 11.8 Å². The van der Waals surface area contributed by atoms with E-state index in [4.69, 9.17) is 17.5 Å². The Hall–Kier alpha value is -5.78. The Kier molecular flexibility index (Phi) is 13.6. The highest BCUT2D eigenvalue weighted by atomic mass is 32.1. The standard InChI is InChI=1S/C62H58F2N4S4/c1-7-10-11-37(9-3)14-15-39-17-21-47(53(64)33-39)55-29-31-57(70-55)49-27-25-43(59-61(49)68-72-66-59)41-19-23-45-44-22-18-40(34-50(44)62(5,6)51(45)35-41)42-24-26-48(60-58(42)65-71-67-60)56-30-28-54(69-56)46-20-16-38(32-52(46)63)13-12-36(4)8-2/h16-37H,7-15H2,1-6H3. The number of thiophene rings is 2. The van der Waals surface area contributed by atoms with Crippen LogP contribution in [-0.4, -0.2) is 17.5 Å². The van der Waals surface area contributed by atoms with Crippen molar-refractivity contribution < 1.29 is 8.78 Å². The van der Waals surface area contributed by atoms with Gasteiger partial charge in [0.1, 0.15) is 33.7 Å². The summed E-state index contributed by atoms with van der Waals surface area (Å²) in [6, 6.07) is 42.0. The van der Waals surface area contributed by atoms with Crippen molar-refractivity contribution in [1.29, 1.82) is 0 Å².